The molecule has 0 bridgehead atoms. The zero-order chi connectivity index (χ0) is 13.9. The number of nitrogens with one attached hydrogen (secondary N) is 1. The summed E-state index contributed by atoms with van der Waals surface area (Å²) in [4.78, 5) is 0. The van der Waals surface area contributed by atoms with E-state index in [0.29, 0.717) is 30.5 Å². The van der Waals surface area contributed by atoms with Crippen LogP contribution in [-0.4, -0.2) is 23.0 Å². The van der Waals surface area contributed by atoms with Crippen molar-refractivity contribution in [3.8, 4) is 11.5 Å². The second-order valence-corrected chi connectivity index (χ2v) is 4.87. The lowest BCUT2D eigenvalue weighted by molar-refractivity contribution is 0.171. The van der Waals surface area contributed by atoms with Crippen LogP contribution in [-0.2, 0) is 13.1 Å². The van der Waals surface area contributed by atoms with E-state index < -0.39 is 0 Å². The molecule has 0 spiro atoms. The summed E-state index contributed by atoms with van der Waals surface area (Å²) in [6.45, 7) is 4.70. The number of ether oxygens (including phenoxy) is 2. The molecule has 20 heavy (non-hydrogen) atoms. The third-order valence-corrected chi connectivity index (χ3v) is 3.51. The van der Waals surface area contributed by atoms with Crippen molar-refractivity contribution >= 4 is 17.3 Å². The highest BCUT2D eigenvalue weighted by Crippen LogP contribution is 2.38. The standard InChI is InChI=1S/C14H16ClN3O2/c1-2-18-10(3-4-17-18)9-16-12-8-14-13(7-11(12)15)19-5-6-20-14/h3-4,7-8,16H,2,5-6,9H2,1H3. The molecule has 2 aromatic rings. The van der Waals surface area contributed by atoms with E-state index in [-0.39, 0.29) is 0 Å². The summed E-state index contributed by atoms with van der Waals surface area (Å²) in [7, 11) is 0. The smallest absolute Gasteiger partial charge is 0.163 e. The van der Waals surface area contributed by atoms with Gasteiger partial charge in [0.25, 0.3) is 0 Å². The van der Waals surface area contributed by atoms with Crippen LogP contribution < -0.4 is 14.8 Å². The van der Waals surface area contributed by atoms with Gasteiger partial charge in [-0.15, -0.1) is 0 Å². The lowest BCUT2D eigenvalue weighted by Crippen LogP contribution is -2.15. The first-order valence-electron chi connectivity index (χ1n) is 6.61. The van der Waals surface area contributed by atoms with Gasteiger partial charge in [0.2, 0.25) is 0 Å². The molecule has 6 heteroatoms. The average molecular weight is 294 g/mol. The maximum atomic E-state index is 6.25. The highest BCUT2D eigenvalue weighted by Gasteiger charge is 2.15. The van der Waals surface area contributed by atoms with Gasteiger partial charge in [-0.3, -0.25) is 4.68 Å². The van der Waals surface area contributed by atoms with Crippen LogP contribution in [0.5, 0.6) is 11.5 Å². The number of benzene rings is 1. The summed E-state index contributed by atoms with van der Waals surface area (Å²) in [5, 5.41) is 8.17. The molecule has 1 aliphatic rings. The highest BCUT2D eigenvalue weighted by atomic mass is 35.5. The number of fused-ring (bicyclic) bond motifs is 1. The molecule has 2 heterocycles. The van der Waals surface area contributed by atoms with Crippen molar-refractivity contribution in [3.05, 3.63) is 35.1 Å². The van der Waals surface area contributed by atoms with Crippen molar-refractivity contribution in [1.82, 2.24) is 9.78 Å². The van der Waals surface area contributed by atoms with E-state index in [1.54, 1.807) is 12.3 Å². The zero-order valence-corrected chi connectivity index (χ0v) is 12.0. The van der Waals surface area contributed by atoms with Gasteiger partial charge in [-0.05, 0) is 13.0 Å². The van der Waals surface area contributed by atoms with E-state index in [1.807, 2.05) is 16.8 Å². The number of halogens is 1. The summed E-state index contributed by atoms with van der Waals surface area (Å²) < 4.78 is 13.0. The van der Waals surface area contributed by atoms with Crippen LogP contribution in [0.3, 0.4) is 0 Å². The molecule has 1 aliphatic heterocycles. The fourth-order valence-corrected chi connectivity index (χ4v) is 2.40. The number of aromatic nitrogens is 2. The van der Waals surface area contributed by atoms with Crippen LogP contribution in [0.2, 0.25) is 5.02 Å². The Hall–Kier alpha value is -1.88. The number of rotatable bonds is 4. The Kier molecular flexibility index (Phi) is 3.69. The molecule has 0 radical (unpaired) electrons. The van der Waals surface area contributed by atoms with Crippen LogP contribution in [0.15, 0.2) is 24.4 Å². The van der Waals surface area contributed by atoms with Crippen LogP contribution in [0.1, 0.15) is 12.6 Å². The maximum absolute atomic E-state index is 6.25. The third kappa shape index (κ3) is 2.54. The minimum Gasteiger partial charge on any atom is -0.486 e. The van der Waals surface area contributed by atoms with Crippen LogP contribution in [0.25, 0.3) is 0 Å². The molecule has 1 aromatic carbocycles. The molecule has 0 saturated heterocycles. The van der Waals surface area contributed by atoms with Gasteiger partial charge in [0.05, 0.1) is 22.9 Å². The fourth-order valence-electron chi connectivity index (χ4n) is 2.18. The van der Waals surface area contributed by atoms with Crippen molar-refractivity contribution in [2.45, 2.75) is 20.0 Å². The molecule has 0 unspecified atom stereocenters. The van der Waals surface area contributed by atoms with E-state index in [1.165, 1.54) is 0 Å². The Bertz CT molecular complexity index is 612. The fraction of sp³-hybridized carbons (Fsp3) is 0.357. The molecule has 106 valence electrons. The molecule has 3 rings (SSSR count). The molecule has 0 aliphatic carbocycles. The van der Waals surface area contributed by atoms with Crippen LogP contribution >= 0.6 is 11.6 Å². The normalized spacial score (nSPS) is 13.3. The van der Waals surface area contributed by atoms with Gasteiger partial charge in [-0.25, -0.2) is 0 Å². The largest absolute Gasteiger partial charge is 0.486 e. The summed E-state index contributed by atoms with van der Waals surface area (Å²) in [5.74, 6) is 1.43. The molecule has 1 aromatic heterocycles. The topological polar surface area (TPSA) is 48.3 Å². The lowest BCUT2D eigenvalue weighted by atomic mass is 10.2. The van der Waals surface area contributed by atoms with Crippen LogP contribution in [0, 0.1) is 0 Å². The van der Waals surface area contributed by atoms with Gasteiger partial charge < -0.3 is 14.8 Å². The molecule has 0 amide bonds. The number of hydrogen-bond acceptors (Lipinski definition) is 4. The monoisotopic (exact) mass is 293 g/mol. The van der Waals surface area contributed by atoms with E-state index in [2.05, 4.69) is 17.3 Å². The first-order chi connectivity index (χ1) is 9.78. The number of hydrogen-bond donors (Lipinski definition) is 1. The van der Waals surface area contributed by atoms with E-state index in [9.17, 15) is 0 Å². The quantitative estimate of drug-likeness (QED) is 0.941. The van der Waals surface area contributed by atoms with E-state index >= 15 is 0 Å². The molecule has 0 saturated carbocycles. The van der Waals surface area contributed by atoms with Gasteiger partial charge in [0.1, 0.15) is 13.2 Å². The summed E-state index contributed by atoms with van der Waals surface area (Å²) in [6, 6.07) is 5.65. The third-order valence-electron chi connectivity index (χ3n) is 3.20. The van der Waals surface area contributed by atoms with Crippen molar-refractivity contribution in [2.75, 3.05) is 18.5 Å². The second-order valence-electron chi connectivity index (χ2n) is 4.47. The van der Waals surface area contributed by atoms with Gasteiger partial charge in [0.15, 0.2) is 11.5 Å². The lowest BCUT2D eigenvalue weighted by Gasteiger charge is -2.20. The minimum atomic E-state index is 0.561. The Balaban J connectivity index is 1.77. The van der Waals surface area contributed by atoms with Gasteiger partial charge in [0, 0.05) is 24.9 Å². The SMILES string of the molecule is CCn1nccc1CNc1cc2c(cc1Cl)OCCO2. The first kappa shape index (κ1) is 13.1. The van der Waals surface area contributed by atoms with Crippen molar-refractivity contribution in [2.24, 2.45) is 0 Å². The summed E-state index contributed by atoms with van der Waals surface area (Å²) in [6.07, 6.45) is 1.80. The van der Waals surface area contributed by atoms with Gasteiger partial charge in [-0.2, -0.15) is 5.10 Å². The minimum absolute atomic E-state index is 0.561. The highest BCUT2D eigenvalue weighted by molar-refractivity contribution is 6.33. The Morgan fingerprint density at radius 2 is 2.05 bits per heavy atom. The van der Waals surface area contributed by atoms with Crippen molar-refractivity contribution < 1.29 is 9.47 Å². The van der Waals surface area contributed by atoms with Crippen molar-refractivity contribution in [1.29, 1.82) is 0 Å². The number of anilines is 1. The van der Waals surface area contributed by atoms with E-state index in [4.69, 9.17) is 21.1 Å². The Labute approximate surface area is 122 Å². The average Bonchev–Trinajstić information content (AvgIpc) is 2.92. The Morgan fingerprint density at radius 3 is 2.80 bits per heavy atom. The van der Waals surface area contributed by atoms with Gasteiger partial charge >= 0.3 is 0 Å². The predicted molar refractivity (Wildman–Crippen MR) is 77.7 cm³/mol. The maximum Gasteiger partial charge on any atom is 0.163 e. The van der Waals surface area contributed by atoms with E-state index in [0.717, 1.165) is 23.7 Å². The first-order valence-corrected chi connectivity index (χ1v) is 6.99. The molecule has 0 atom stereocenters. The number of aryl methyl sites for hydroxylation is 1. The van der Waals surface area contributed by atoms with Gasteiger partial charge in [-0.1, -0.05) is 11.6 Å². The molecular weight excluding hydrogens is 278 g/mol. The summed E-state index contributed by atoms with van der Waals surface area (Å²) in [5.41, 5.74) is 1.94. The molecule has 1 N–H and O–H groups in total. The molecule has 0 fully saturated rings. The molecule has 5 nitrogen and oxygen atoms in total. The number of nitrogens with zero attached hydrogens (tertiary/aromatic N) is 2. The zero-order valence-electron chi connectivity index (χ0n) is 11.2. The summed E-state index contributed by atoms with van der Waals surface area (Å²) >= 11 is 6.25. The van der Waals surface area contributed by atoms with Crippen LogP contribution in [0.4, 0.5) is 5.69 Å². The predicted octanol–water partition coefficient (Wildman–Crippen LogP) is 2.94. The van der Waals surface area contributed by atoms with Crippen molar-refractivity contribution in [3.63, 3.8) is 0 Å². The molecular formula is C14H16ClN3O2. The second kappa shape index (κ2) is 5.63. The Morgan fingerprint density at radius 1 is 1.30 bits per heavy atom.